The minimum Gasteiger partial charge on any atom is -0.361 e. The summed E-state index contributed by atoms with van der Waals surface area (Å²) in [6.45, 7) is 8.10. The molecule has 2 N–H and O–H groups in total. The topological polar surface area (TPSA) is 66.0 Å². The molecular weight excluding hydrogens is 350 g/mol. The molecule has 1 aliphatic rings. The molecule has 1 atom stereocenters. The number of benzene rings is 1. The maximum atomic E-state index is 12.3. The number of aromatic nitrogens is 3. The molecule has 6 heteroatoms. The Morgan fingerprint density at radius 2 is 2.18 bits per heavy atom. The van der Waals surface area contributed by atoms with Crippen molar-refractivity contribution in [1.29, 1.82) is 0 Å². The Balaban J connectivity index is 1.27. The lowest BCUT2D eigenvalue weighted by molar-refractivity contribution is -0.122. The number of carbonyl (C=O) groups is 1. The van der Waals surface area contributed by atoms with Gasteiger partial charge >= 0.3 is 0 Å². The van der Waals surface area contributed by atoms with Crippen molar-refractivity contribution in [3.8, 4) is 0 Å². The Morgan fingerprint density at radius 1 is 1.29 bits per heavy atom. The zero-order valence-electron chi connectivity index (χ0n) is 16.7. The molecule has 1 aromatic carbocycles. The van der Waals surface area contributed by atoms with Crippen molar-refractivity contribution in [3.05, 3.63) is 53.5 Å². The van der Waals surface area contributed by atoms with Gasteiger partial charge in [-0.2, -0.15) is 5.10 Å². The molecule has 1 amide bonds. The van der Waals surface area contributed by atoms with Crippen molar-refractivity contribution in [2.45, 2.75) is 39.8 Å². The van der Waals surface area contributed by atoms with Gasteiger partial charge in [0.2, 0.25) is 5.91 Å². The number of hydrogen-bond acceptors (Lipinski definition) is 3. The van der Waals surface area contributed by atoms with E-state index in [9.17, 15) is 4.79 Å². The Labute approximate surface area is 165 Å². The number of nitrogens with zero attached hydrogens (tertiary/aromatic N) is 3. The molecule has 0 saturated carbocycles. The average Bonchev–Trinajstić information content (AvgIpc) is 3.26. The molecular formula is C22H29N5O. The molecule has 0 spiro atoms. The van der Waals surface area contributed by atoms with Crippen LogP contribution in [0.3, 0.4) is 0 Å². The van der Waals surface area contributed by atoms with E-state index in [2.05, 4.69) is 44.6 Å². The predicted molar refractivity (Wildman–Crippen MR) is 111 cm³/mol. The number of aromatic amines is 1. The highest BCUT2D eigenvalue weighted by Crippen LogP contribution is 2.20. The first-order valence-electron chi connectivity index (χ1n) is 10.1. The van der Waals surface area contributed by atoms with Gasteiger partial charge in [-0.05, 0) is 74.4 Å². The fraction of sp³-hybridized carbons (Fsp3) is 0.455. The van der Waals surface area contributed by atoms with Crippen LogP contribution in [-0.4, -0.2) is 45.2 Å². The number of amides is 1. The van der Waals surface area contributed by atoms with Crippen molar-refractivity contribution in [3.63, 3.8) is 0 Å². The lowest BCUT2D eigenvalue weighted by Gasteiger charge is -2.32. The van der Waals surface area contributed by atoms with Crippen LogP contribution >= 0.6 is 0 Å². The number of hydrogen-bond donors (Lipinski definition) is 2. The average molecular weight is 380 g/mol. The summed E-state index contributed by atoms with van der Waals surface area (Å²) < 4.78 is 1.77. The summed E-state index contributed by atoms with van der Waals surface area (Å²) in [6, 6.07) is 10.8. The number of likely N-dealkylation sites (tertiary alicyclic amines) is 1. The van der Waals surface area contributed by atoms with Crippen LogP contribution in [0.1, 0.15) is 29.8 Å². The number of rotatable bonds is 6. The van der Waals surface area contributed by atoms with Crippen LogP contribution in [0.25, 0.3) is 10.9 Å². The second-order valence-corrected chi connectivity index (χ2v) is 8.03. The number of carbonyl (C=O) groups excluding carboxylic acids is 1. The predicted octanol–water partition coefficient (Wildman–Crippen LogP) is 3.01. The molecule has 1 aliphatic heterocycles. The van der Waals surface area contributed by atoms with Crippen LogP contribution in [0, 0.1) is 19.8 Å². The number of H-pyrrole nitrogens is 1. The monoisotopic (exact) mass is 379 g/mol. The van der Waals surface area contributed by atoms with Crippen LogP contribution in [0.4, 0.5) is 0 Å². The highest BCUT2D eigenvalue weighted by atomic mass is 16.2. The van der Waals surface area contributed by atoms with E-state index in [1.807, 2.05) is 26.1 Å². The van der Waals surface area contributed by atoms with Crippen LogP contribution in [0.2, 0.25) is 0 Å². The normalized spacial score (nSPS) is 17.9. The molecule has 6 nitrogen and oxygen atoms in total. The molecule has 1 saturated heterocycles. The fourth-order valence-electron chi connectivity index (χ4n) is 4.21. The minimum atomic E-state index is 0.0428. The Morgan fingerprint density at radius 3 is 3.00 bits per heavy atom. The van der Waals surface area contributed by atoms with E-state index in [0.717, 1.165) is 37.6 Å². The van der Waals surface area contributed by atoms with E-state index >= 15 is 0 Å². The van der Waals surface area contributed by atoms with Gasteiger partial charge in [-0.15, -0.1) is 0 Å². The quantitative estimate of drug-likeness (QED) is 0.692. The summed E-state index contributed by atoms with van der Waals surface area (Å²) in [4.78, 5) is 18.1. The van der Waals surface area contributed by atoms with E-state index in [-0.39, 0.29) is 5.91 Å². The van der Waals surface area contributed by atoms with Crippen LogP contribution in [-0.2, 0) is 17.9 Å². The molecule has 2 aromatic heterocycles. The second kappa shape index (κ2) is 8.19. The third-order valence-electron chi connectivity index (χ3n) is 5.61. The molecule has 4 rings (SSSR count). The largest absolute Gasteiger partial charge is 0.361 e. The van der Waals surface area contributed by atoms with Crippen molar-refractivity contribution >= 4 is 16.8 Å². The van der Waals surface area contributed by atoms with Crippen molar-refractivity contribution < 1.29 is 4.79 Å². The van der Waals surface area contributed by atoms with Crippen LogP contribution < -0.4 is 5.32 Å². The van der Waals surface area contributed by atoms with Gasteiger partial charge in [-0.1, -0.05) is 6.07 Å². The van der Waals surface area contributed by atoms with Crippen molar-refractivity contribution in [2.24, 2.45) is 5.92 Å². The first kappa shape index (κ1) is 18.7. The molecule has 1 fully saturated rings. The van der Waals surface area contributed by atoms with E-state index < -0.39 is 0 Å². The summed E-state index contributed by atoms with van der Waals surface area (Å²) in [5.41, 5.74) is 4.51. The van der Waals surface area contributed by atoms with Gasteiger partial charge in [-0.3, -0.25) is 14.4 Å². The number of nitrogens with one attached hydrogen (secondary N) is 2. The molecule has 148 valence electrons. The summed E-state index contributed by atoms with van der Waals surface area (Å²) in [5, 5.41) is 8.74. The molecule has 3 aromatic rings. The zero-order chi connectivity index (χ0) is 19.5. The summed E-state index contributed by atoms with van der Waals surface area (Å²) >= 11 is 0. The van der Waals surface area contributed by atoms with E-state index in [1.54, 1.807) is 4.68 Å². The molecule has 0 radical (unpaired) electrons. The Bertz CT molecular complexity index is 957. The summed E-state index contributed by atoms with van der Waals surface area (Å²) in [6.07, 6.45) is 4.35. The standard InChI is InChI=1S/C22H29N5O/c1-16-10-17(2)27(25-16)15-22(28)24-12-19-4-3-9-26(14-19)13-18-5-6-21-20(11-18)7-8-23-21/h5-8,10-11,19,23H,3-4,9,12-15H2,1-2H3,(H,24,28). The summed E-state index contributed by atoms with van der Waals surface area (Å²) in [5.74, 6) is 0.551. The van der Waals surface area contributed by atoms with Gasteiger partial charge in [0.1, 0.15) is 6.54 Å². The number of piperidine rings is 1. The first-order chi connectivity index (χ1) is 13.6. The molecule has 0 bridgehead atoms. The Hall–Kier alpha value is -2.60. The molecule has 0 aliphatic carbocycles. The number of fused-ring (bicyclic) bond motifs is 1. The third kappa shape index (κ3) is 4.44. The smallest absolute Gasteiger partial charge is 0.241 e. The van der Waals surface area contributed by atoms with Gasteiger partial charge in [0.15, 0.2) is 0 Å². The zero-order valence-corrected chi connectivity index (χ0v) is 16.7. The van der Waals surface area contributed by atoms with Gasteiger partial charge < -0.3 is 10.3 Å². The van der Waals surface area contributed by atoms with Gasteiger partial charge in [-0.25, -0.2) is 0 Å². The van der Waals surface area contributed by atoms with Crippen molar-refractivity contribution in [2.75, 3.05) is 19.6 Å². The van der Waals surface area contributed by atoms with Crippen LogP contribution in [0.5, 0.6) is 0 Å². The maximum Gasteiger partial charge on any atom is 0.241 e. The van der Waals surface area contributed by atoms with Crippen LogP contribution in [0.15, 0.2) is 36.5 Å². The Kier molecular flexibility index (Phi) is 5.48. The van der Waals surface area contributed by atoms with E-state index in [0.29, 0.717) is 12.5 Å². The maximum absolute atomic E-state index is 12.3. The number of aryl methyl sites for hydroxylation is 2. The molecule has 28 heavy (non-hydrogen) atoms. The fourth-order valence-corrected chi connectivity index (χ4v) is 4.21. The SMILES string of the molecule is Cc1cc(C)n(CC(=O)NCC2CCCN(Cc3ccc4[nH]ccc4c3)C2)n1. The van der Waals surface area contributed by atoms with E-state index in [4.69, 9.17) is 0 Å². The van der Waals surface area contributed by atoms with Crippen molar-refractivity contribution in [1.82, 2.24) is 25.0 Å². The molecule has 3 heterocycles. The minimum absolute atomic E-state index is 0.0428. The second-order valence-electron chi connectivity index (χ2n) is 8.03. The lowest BCUT2D eigenvalue weighted by Crippen LogP contribution is -2.41. The lowest BCUT2D eigenvalue weighted by atomic mass is 9.97. The summed E-state index contributed by atoms with van der Waals surface area (Å²) in [7, 11) is 0. The molecule has 1 unspecified atom stereocenters. The highest BCUT2D eigenvalue weighted by Gasteiger charge is 2.21. The van der Waals surface area contributed by atoms with E-state index in [1.165, 1.54) is 29.3 Å². The third-order valence-corrected chi connectivity index (χ3v) is 5.61. The van der Waals surface area contributed by atoms with Gasteiger partial charge in [0.05, 0.1) is 5.69 Å². The highest BCUT2D eigenvalue weighted by molar-refractivity contribution is 5.79. The first-order valence-corrected chi connectivity index (χ1v) is 10.1. The van der Waals surface area contributed by atoms with Gasteiger partial charge in [0, 0.05) is 37.0 Å². The van der Waals surface area contributed by atoms with Gasteiger partial charge in [0.25, 0.3) is 0 Å².